The van der Waals surface area contributed by atoms with Crippen molar-refractivity contribution >= 4 is 0 Å². The number of nitrogens with two attached hydrogens (primary N) is 1. The van der Waals surface area contributed by atoms with Crippen LogP contribution in [-0.4, -0.2) is 24.5 Å². The van der Waals surface area contributed by atoms with E-state index in [9.17, 15) is 4.39 Å². The first-order valence-electron chi connectivity index (χ1n) is 7.61. The number of rotatable bonds is 4. The van der Waals surface area contributed by atoms with Crippen LogP contribution in [0.1, 0.15) is 50.3 Å². The van der Waals surface area contributed by atoms with E-state index >= 15 is 0 Å². The monoisotopic (exact) mass is 278 g/mol. The van der Waals surface area contributed by atoms with E-state index in [1.165, 1.54) is 19.4 Å². The molecule has 3 heteroatoms. The predicted octanol–water partition coefficient (Wildman–Crippen LogP) is 3.65. The van der Waals surface area contributed by atoms with Gasteiger partial charge in [0.15, 0.2) is 0 Å². The molecule has 20 heavy (non-hydrogen) atoms. The van der Waals surface area contributed by atoms with Gasteiger partial charge in [-0.3, -0.25) is 0 Å². The van der Waals surface area contributed by atoms with E-state index in [4.69, 9.17) is 5.73 Å². The van der Waals surface area contributed by atoms with Gasteiger partial charge in [-0.1, -0.05) is 26.0 Å². The van der Waals surface area contributed by atoms with Gasteiger partial charge in [-0.25, -0.2) is 4.39 Å². The lowest BCUT2D eigenvalue weighted by Crippen LogP contribution is -2.41. The number of hydrogen-bond acceptors (Lipinski definition) is 2. The molecular formula is C17H27FN2. The highest BCUT2D eigenvalue weighted by molar-refractivity contribution is 5.25. The summed E-state index contributed by atoms with van der Waals surface area (Å²) in [6, 6.07) is 5.27. The molecule has 2 N–H and O–H groups in total. The smallest absolute Gasteiger partial charge is 0.126 e. The maximum absolute atomic E-state index is 13.6. The van der Waals surface area contributed by atoms with Gasteiger partial charge in [0.25, 0.3) is 0 Å². The molecule has 1 saturated heterocycles. The first-order valence-corrected chi connectivity index (χ1v) is 7.61. The highest BCUT2D eigenvalue weighted by atomic mass is 19.1. The van der Waals surface area contributed by atoms with Crippen LogP contribution in [0, 0.1) is 18.2 Å². The third-order valence-corrected chi connectivity index (χ3v) is 4.36. The van der Waals surface area contributed by atoms with Crippen molar-refractivity contribution in [2.45, 2.75) is 46.1 Å². The molecule has 1 fully saturated rings. The summed E-state index contributed by atoms with van der Waals surface area (Å²) >= 11 is 0. The Morgan fingerprint density at radius 1 is 1.40 bits per heavy atom. The second kappa shape index (κ2) is 6.23. The summed E-state index contributed by atoms with van der Waals surface area (Å²) in [5.74, 6) is -0.156. The molecule has 112 valence electrons. The molecule has 0 aromatic heterocycles. The van der Waals surface area contributed by atoms with Crippen LogP contribution in [0.4, 0.5) is 4.39 Å². The van der Waals surface area contributed by atoms with Gasteiger partial charge in [-0.05, 0) is 61.9 Å². The quantitative estimate of drug-likeness (QED) is 0.911. The molecule has 2 nitrogen and oxygen atoms in total. The van der Waals surface area contributed by atoms with Crippen LogP contribution in [0.5, 0.6) is 0 Å². The van der Waals surface area contributed by atoms with Gasteiger partial charge < -0.3 is 10.6 Å². The summed E-state index contributed by atoms with van der Waals surface area (Å²) in [5, 5.41) is 0. The maximum atomic E-state index is 13.6. The van der Waals surface area contributed by atoms with Crippen LogP contribution in [0.3, 0.4) is 0 Å². The highest BCUT2D eigenvalue weighted by Gasteiger charge is 2.26. The summed E-state index contributed by atoms with van der Waals surface area (Å²) in [6.07, 6.45) is 3.46. The van der Waals surface area contributed by atoms with Crippen LogP contribution in [-0.2, 0) is 0 Å². The SMILES string of the molecule is Cc1ccc(C(N)CCN2CCCC(C)(C)C2)cc1F. The van der Waals surface area contributed by atoms with Gasteiger partial charge in [0.2, 0.25) is 0 Å². The molecule has 1 aliphatic rings. The average molecular weight is 278 g/mol. The molecule has 1 heterocycles. The number of nitrogens with zero attached hydrogens (tertiary/aromatic N) is 1. The second-order valence-electron chi connectivity index (χ2n) is 6.95. The minimum atomic E-state index is -0.156. The van der Waals surface area contributed by atoms with Crippen molar-refractivity contribution in [2.24, 2.45) is 11.1 Å². The topological polar surface area (TPSA) is 29.3 Å². The Morgan fingerprint density at radius 2 is 2.15 bits per heavy atom. The minimum Gasteiger partial charge on any atom is -0.324 e. The lowest BCUT2D eigenvalue weighted by molar-refractivity contribution is 0.115. The van der Waals surface area contributed by atoms with Crippen LogP contribution >= 0.6 is 0 Å². The van der Waals surface area contributed by atoms with Crippen molar-refractivity contribution in [2.75, 3.05) is 19.6 Å². The zero-order chi connectivity index (χ0) is 14.8. The van der Waals surface area contributed by atoms with Gasteiger partial charge in [-0.15, -0.1) is 0 Å². The molecule has 0 bridgehead atoms. The Hall–Kier alpha value is -0.930. The zero-order valence-corrected chi connectivity index (χ0v) is 13.0. The molecule has 1 unspecified atom stereocenters. The lowest BCUT2D eigenvalue weighted by atomic mass is 9.84. The molecule has 1 aliphatic heterocycles. The molecular weight excluding hydrogens is 251 g/mol. The van der Waals surface area contributed by atoms with Gasteiger partial charge in [0.05, 0.1) is 0 Å². The fourth-order valence-corrected chi connectivity index (χ4v) is 3.06. The summed E-state index contributed by atoms with van der Waals surface area (Å²) < 4.78 is 13.6. The molecule has 2 rings (SSSR count). The Labute approximate surface area is 122 Å². The number of piperidine rings is 1. The second-order valence-corrected chi connectivity index (χ2v) is 6.95. The van der Waals surface area contributed by atoms with Crippen molar-refractivity contribution in [3.8, 4) is 0 Å². The Balaban J connectivity index is 1.88. The Morgan fingerprint density at radius 3 is 2.80 bits per heavy atom. The molecule has 0 spiro atoms. The number of halogens is 1. The van der Waals surface area contributed by atoms with Gasteiger partial charge in [0.1, 0.15) is 5.82 Å². The molecule has 1 aromatic rings. The van der Waals surface area contributed by atoms with Crippen molar-refractivity contribution in [3.63, 3.8) is 0 Å². The third-order valence-electron chi connectivity index (χ3n) is 4.36. The molecule has 0 saturated carbocycles. The van der Waals surface area contributed by atoms with Crippen LogP contribution in [0.25, 0.3) is 0 Å². The van der Waals surface area contributed by atoms with E-state index in [1.54, 1.807) is 13.0 Å². The van der Waals surface area contributed by atoms with Crippen LogP contribution in [0.2, 0.25) is 0 Å². The highest BCUT2D eigenvalue weighted by Crippen LogP contribution is 2.29. The Kier molecular flexibility index (Phi) is 4.82. The summed E-state index contributed by atoms with van der Waals surface area (Å²) in [7, 11) is 0. The molecule has 1 aromatic carbocycles. The van der Waals surface area contributed by atoms with Crippen molar-refractivity contribution in [1.82, 2.24) is 4.90 Å². The van der Waals surface area contributed by atoms with Gasteiger partial charge >= 0.3 is 0 Å². The van der Waals surface area contributed by atoms with Crippen molar-refractivity contribution in [3.05, 3.63) is 35.1 Å². The molecule has 1 atom stereocenters. The van der Waals surface area contributed by atoms with Crippen LogP contribution in [0.15, 0.2) is 18.2 Å². The normalized spacial score (nSPS) is 20.9. The fourth-order valence-electron chi connectivity index (χ4n) is 3.06. The lowest BCUT2D eigenvalue weighted by Gasteiger charge is -2.38. The fraction of sp³-hybridized carbons (Fsp3) is 0.647. The number of hydrogen-bond donors (Lipinski definition) is 1. The maximum Gasteiger partial charge on any atom is 0.126 e. The standard InChI is InChI=1S/C17H27FN2/c1-13-5-6-14(11-15(13)18)16(19)7-10-20-9-4-8-17(2,3)12-20/h5-6,11,16H,4,7-10,12,19H2,1-3H3. The molecule has 0 aliphatic carbocycles. The molecule has 0 radical (unpaired) electrons. The summed E-state index contributed by atoms with van der Waals surface area (Å²) in [6.45, 7) is 9.74. The first-order chi connectivity index (χ1) is 9.37. The first kappa shape index (κ1) is 15.5. The zero-order valence-electron chi connectivity index (χ0n) is 13.0. The third kappa shape index (κ3) is 4.03. The van der Waals surface area contributed by atoms with E-state index in [1.807, 2.05) is 12.1 Å². The van der Waals surface area contributed by atoms with Gasteiger partial charge in [-0.2, -0.15) is 0 Å². The summed E-state index contributed by atoms with van der Waals surface area (Å²) in [5.41, 5.74) is 8.21. The van der Waals surface area contributed by atoms with Crippen molar-refractivity contribution < 1.29 is 4.39 Å². The van der Waals surface area contributed by atoms with E-state index in [0.717, 1.165) is 25.1 Å². The molecule has 0 amide bonds. The Bertz CT molecular complexity index is 456. The minimum absolute atomic E-state index is 0.0739. The van der Waals surface area contributed by atoms with Crippen molar-refractivity contribution in [1.29, 1.82) is 0 Å². The van der Waals surface area contributed by atoms with Crippen LogP contribution < -0.4 is 5.73 Å². The number of aryl methyl sites for hydroxylation is 1. The largest absolute Gasteiger partial charge is 0.324 e. The van der Waals surface area contributed by atoms with E-state index in [2.05, 4.69) is 18.7 Å². The summed E-state index contributed by atoms with van der Waals surface area (Å²) in [4.78, 5) is 2.49. The van der Waals surface area contributed by atoms with E-state index < -0.39 is 0 Å². The number of benzene rings is 1. The van der Waals surface area contributed by atoms with E-state index in [-0.39, 0.29) is 11.9 Å². The predicted molar refractivity (Wildman–Crippen MR) is 82.1 cm³/mol. The van der Waals surface area contributed by atoms with Gasteiger partial charge in [0, 0.05) is 12.6 Å². The average Bonchev–Trinajstić information content (AvgIpc) is 2.38. The number of likely N-dealkylation sites (tertiary alicyclic amines) is 1. The van der Waals surface area contributed by atoms with E-state index in [0.29, 0.717) is 11.0 Å².